The molecule has 156 valence electrons. The monoisotopic (exact) mass is 409 g/mol. The summed E-state index contributed by atoms with van der Waals surface area (Å²) in [6, 6.07) is 13.3. The molecule has 1 aromatic carbocycles. The minimum atomic E-state index is -0.680. The average molecular weight is 409 g/mol. The Hall–Kier alpha value is -3.81. The second-order valence-electron chi connectivity index (χ2n) is 6.77. The lowest BCUT2D eigenvalue weighted by molar-refractivity contribution is -0.122. The number of likely N-dealkylation sites (N-methyl/N-ethyl adjacent to an activating group) is 1. The third kappa shape index (κ3) is 4.96. The van der Waals surface area contributed by atoms with Crippen molar-refractivity contribution in [2.75, 3.05) is 7.05 Å². The number of hydrogen-bond acceptors (Lipinski definition) is 5. The topological polar surface area (TPSA) is 114 Å². The zero-order chi connectivity index (χ0) is 21.7. The van der Waals surface area contributed by atoms with Gasteiger partial charge < -0.3 is 24.8 Å². The summed E-state index contributed by atoms with van der Waals surface area (Å²) >= 11 is 0. The first-order chi connectivity index (χ1) is 14.4. The molecule has 0 aliphatic heterocycles. The van der Waals surface area contributed by atoms with E-state index in [1.165, 1.54) is 7.05 Å². The van der Waals surface area contributed by atoms with E-state index >= 15 is 0 Å². The van der Waals surface area contributed by atoms with Crippen LogP contribution in [0, 0.1) is 6.92 Å². The maximum atomic E-state index is 12.3. The normalized spacial score (nSPS) is 11.6. The van der Waals surface area contributed by atoms with Gasteiger partial charge in [0, 0.05) is 19.2 Å². The molecule has 0 aliphatic carbocycles. The van der Waals surface area contributed by atoms with Gasteiger partial charge in [0.25, 0.3) is 11.8 Å². The molecule has 3 rings (SSSR count). The van der Waals surface area contributed by atoms with Crippen LogP contribution in [0.15, 0.2) is 57.4 Å². The van der Waals surface area contributed by atoms with Gasteiger partial charge in [-0.1, -0.05) is 18.2 Å². The van der Waals surface area contributed by atoms with Crippen molar-refractivity contribution in [1.82, 2.24) is 16.0 Å². The molecule has 8 heteroatoms. The second-order valence-corrected chi connectivity index (χ2v) is 6.77. The lowest BCUT2D eigenvalue weighted by atomic mass is 10.1. The summed E-state index contributed by atoms with van der Waals surface area (Å²) < 4.78 is 11.0. The molecule has 0 aliphatic rings. The van der Waals surface area contributed by atoms with Crippen LogP contribution in [0.2, 0.25) is 0 Å². The van der Waals surface area contributed by atoms with Crippen LogP contribution in [0.5, 0.6) is 0 Å². The predicted octanol–water partition coefficient (Wildman–Crippen LogP) is 2.64. The largest absolute Gasteiger partial charge is 0.456 e. The van der Waals surface area contributed by atoms with E-state index in [4.69, 9.17) is 8.83 Å². The Morgan fingerprint density at radius 2 is 1.70 bits per heavy atom. The number of nitrogens with one attached hydrogen (secondary N) is 3. The van der Waals surface area contributed by atoms with Gasteiger partial charge in [0.05, 0.1) is 0 Å². The Labute approximate surface area is 173 Å². The Balaban J connectivity index is 1.65. The molecule has 0 spiro atoms. The Morgan fingerprint density at radius 3 is 2.40 bits per heavy atom. The first kappa shape index (κ1) is 20.9. The van der Waals surface area contributed by atoms with E-state index in [-0.39, 0.29) is 23.3 Å². The van der Waals surface area contributed by atoms with Gasteiger partial charge in [-0.05, 0) is 49.7 Å². The molecule has 0 bridgehead atoms. The van der Waals surface area contributed by atoms with E-state index in [2.05, 4.69) is 16.0 Å². The molecule has 3 aromatic rings. The van der Waals surface area contributed by atoms with Gasteiger partial charge in [-0.2, -0.15) is 0 Å². The highest BCUT2D eigenvalue weighted by Gasteiger charge is 2.18. The lowest BCUT2D eigenvalue weighted by Gasteiger charge is -2.10. The third-order valence-corrected chi connectivity index (χ3v) is 4.45. The second kappa shape index (κ2) is 9.13. The van der Waals surface area contributed by atoms with Gasteiger partial charge in [0.15, 0.2) is 11.5 Å². The van der Waals surface area contributed by atoms with E-state index in [9.17, 15) is 14.4 Å². The molecule has 1 unspecified atom stereocenters. The van der Waals surface area contributed by atoms with Crippen LogP contribution in [-0.2, 0) is 11.3 Å². The Bertz CT molecular complexity index is 1070. The van der Waals surface area contributed by atoms with Gasteiger partial charge in [-0.3, -0.25) is 14.4 Å². The summed E-state index contributed by atoms with van der Waals surface area (Å²) in [6.45, 7) is 3.67. The highest BCUT2D eigenvalue weighted by atomic mass is 16.4. The number of furan rings is 2. The Kier molecular flexibility index (Phi) is 6.36. The molecule has 2 aromatic heterocycles. The number of carbonyl (C=O) groups is 3. The predicted molar refractivity (Wildman–Crippen MR) is 110 cm³/mol. The molecule has 2 heterocycles. The van der Waals surface area contributed by atoms with Crippen LogP contribution in [0.4, 0.5) is 0 Å². The van der Waals surface area contributed by atoms with Crippen molar-refractivity contribution in [3.8, 4) is 11.3 Å². The van der Waals surface area contributed by atoms with Crippen LogP contribution in [0.25, 0.3) is 11.3 Å². The highest BCUT2D eigenvalue weighted by molar-refractivity contribution is 5.95. The van der Waals surface area contributed by atoms with Gasteiger partial charge in [-0.25, -0.2) is 0 Å². The first-order valence-electron chi connectivity index (χ1n) is 9.43. The van der Waals surface area contributed by atoms with Crippen LogP contribution >= 0.6 is 0 Å². The SMILES string of the molecule is CNC(=O)C(C)NC(=O)c1ccc(-c2cccc(CNC(=O)c3ccc(C)o3)c2)o1. The van der Waals surface area contributed by atoms with Gasteiger partial charge >= 0.3 is 0 Å². The summed E-state index contributed by atoms with van der Waals surface area (Å²) in [5, 5.41) is 7.85. The molecule has 0 fully saturated rings. The molecule has 0 saturated carbocycles. The standard InChI is InChI=1S/C22H23N3O5/c1-13-7-8-18(29-13)21(27)24-12-15-5-4-6-16(11-15)17-9-10-19(30-17)22(28)25-14(2)20(26)23-3/h4-11,14H,12H2,1-3H3,(H,23,26)(H,24,27)(H,25,28). The van der Waals surface area contributed by atoms with E-state index in [1.54, 1.807) is 38.1 Å². The minimum Gasteiger partial charge on any atom is -0.456 e. The van der Waals surface area contributed by atoms with E-state index in [0.717, 1.165) is 11.1 Å². The lowest BCUT2D eigenvalue weighted by Crippen LogP contribution is -2.43. The first-order valence-corrected chi connectivity index (χ1v) is 9.43. The fraction of sp³-hybridized carbons (Fsp3) is 0.227. The summed E-state index contributed by atoms with van der Waals surface area (Å²) in [4.78, 5) is 35.9. The molecular weight excluding hydrogens is 386 g/mol. The van der Waals surface area contributed by atoms with Crippen molar-refractivity contribution < 1.29 is 23.2 Å². The van der Waals surface area contributed by atoms with Crippen molar-refractivity contribution in [2.45, 2.75) is 26.4 Å². The van der Waals surface area contributed by atoms with Crippen molar-refractivity contribution >= 4 is 17.7 Å². The summed E-state index contributed by atoms with van der Waals surface area (Å²) in [6.07, 6.45) is 0. The van der Waals surface area contributed by atoms with Crippen molar-refractivity contribution in [3.63, 3.8) is 0 Å². The van der Waals surface area contributed by atoms with Crippen LogP contribution in [0.1, 0.15) is 39.4 Å². The highest BCUT2D eigenvalue weighted by Crippen LogP contribution is 2.23. The van der Waals surface area contributed by atoms with Crippen LogP contribution < -0.4 is 16.0 Å². The number of benzene rings is 1. The van der Waals surface area contributed by atoms with Crippen LogP contribution in [-0.4, -0.2) is 30.8 Å². The maximum Gasteiger partial charge on any atom is 0.287 e. The number of aryl methyl sites for hydroxylation is 1. The summed E-state index contributed by atoms with van der Waals surface area (Å²) in [7, 11) is 1.50. The summed E-state index contributed by atoms with van der Waals surface area (Å²) in [5.41, 5.74) is 1.62. The molecule has 0 saturated heterocycles. The third-order valence-electron chi connectivity index (χ3n) is 4.45. The van der Waals surface area contributed by atoms with E-state index in [0.29, 0.717) is 18.1 Å². The molecule has 3 N–H and O–H groups in total. The van der Waals surface area contributed by atoms with Crippen molar-refractivity contribution in [2.24, 2.45) is 0 Å². The zero-order valence-corrected chi connectivity index (χ0v) is 16.9. The van der Waals surface area contributed by atoms with Crippen molar-refractivity contribution in [3.05, 3.63) is 71.4 Å². The molecule has 8 nitrogen and oxygen atoms in total. The average Bonchev–Trinajstić information content (AvgIpc) is 3.41. The molecule has 3 amide bonds. The smallest absolute Gasteiger partial charge is 0.287 e. The molecular formula is C22H23N3O5. The number of carbonyl (C=O) groups excluding carboxylic acids is 3. The van der Waals surface area contributed by atoms with E-state index < -0.39 is 11.9 Å². The van der Waals surface area contributed by atoms with Gasteiger partial charge in [-0.15, -0.1) is 0 Å². The summed E-state index contributed by atoms with van der Waals surface area (Å²) in [5.74, 6) is 0.468. The number of hydrogen-bond donors (Lipinski definition) is 3. The Morgan fingerprint density at radius 1 is 0.967 bits per heavy atom. The number of rotatable bonds is 7. The van der Waals surface area contributed by atoms with Gasteiger partial charge in [0.2, 0.25) is 5.91 Å². The van der Waals surface area contributed by atoms with Gasteiger partial charge in [0.1, 0.15) is 17.6 Å². The maximum absolute atomic E-state index is 12.3. The van der Waals surface area contributed by atoms with Crippen molar-refractivity contribution in [1.29, 1.82) is 0 Å². The fourth-order valence-electron chi connectivity index (χ4n) is 2.83. The molecule has 30 heavy (non-hydrogen) atoms. The zero-order valence-electron chi connectivity index (χ0n) is 16.9. The minimum absolute atomic E-state index is 0.104. The quantitative estimate of drug-likeness (QED) is 0.555. The van der Waals surface area contributed by atoms with E-state index in [1.807, 2.05) is 24.3 Å². The van der Waals surface area contributed by atoms with Crippen LogP contribution in [0.3, 0.4) is 0 Å². The fourth-order valence-corrected chi connectivity index (χ4v) is 2.83. The molecule has 0 radical (unpaired) electrons. The number of amides is 3. The molecule has 1 atom stereocenters.